The molecule has 0 saturated carbocycles. The monoisotopic (exact) mass is 526 g/mol. The Morgan fingerprint density at radius 2 is 2.00 bits per heavy atom. The minimum Gasteiger partial charge on any atom is -0.465 e. The third-order valence-electron chi connectivity index (χ3n) is 8.12. The summed E-state index contributed by atoms with van der Waals surface area (Å²) in [7, 11) is 0. The molecular weight excluding hydrogens is 488 g/mol. The van der Waals surface area contributed by atoms with Crippen LogP contribution in [0.25, 0.3) is 0 Å². The second-order valence-corrected chi connectivity index (χ2v) is 12.5. The first-order valence-electron chi connectivity index (χ1n) is 13.1. The smallest absolute Gasteiger partial charge is 0.311 e. The first kappa shape index (κ1) is 27.5. The van der Waals surface area contributed by atoms with Crippen molar-refractivity contribution in [1.29, 1.82) is 0 Å². The molecule has 3 aliphatic rings. The van der Waals surface area contributed by atoms with E-state index in [0.717, 1.165) is 18.4 Å². The van der Waals surface area contributed by atoms with Gasteiger partial charge in [-0.15, -0.1) is 24.9 Å². The van der Waals surface area contributed by atoms with Crippen molar-refractivity contribution >= 4 is 29.5 Å². The lowest BCUT2D eigenvalue weighted by Gasteiger charge is -2.38. The molecule has 2 amide bonds. The highest BCUT2D eigenvalue weighted by Crippen LogP contribution is 2.71. The lowest BCUT2D eigenvalue weighted by molar-refractivity contribution is -0.156. The Morgan fingerprint density at radius 1 is 1.27 bits per heavy atom. The fourth-order valence-corrected chi connectivity index (χ4v) is 8.74. The molecule has 2 bridgehead atoms. The normalized spacial score (nSPS) is 30.6. The Morgan fingerprint density at radius 3 is 2.65 bits per heavy atom. The van der Waals surface area contributed by atoms with Crippen LogP contribution in [0.15, 0.2) is 55.6 Å². The van der Waals surface area contributed by atoms with Crippen LogP contribution in [-0.4, -0.2) is 74.0 Å². The number of fused-ring (bicyclic) bond motifs is 1. The maximum Gasteiger partial charge on any atom is 0.311 e. The first-order chi connectivity index (χ1) is 17.7. The van der Waals surface area contributed by atoms with Gasteiger partial charge in [0.05, 0.1) is 35.8 Å². The van der Waals surface area contributed by atoms with Crippen molar-refractivity contribution in [3.63, 3.8) is 0 Å². The van der Waals surface area contributed by atoms with Gasteiger partial charge in [0.2, 0.25) is 11.8 Å². The minimum absolute atomic E-state index is 0.170. The minimum atomic E-state index is -0.777. The molecule has 1 aromatic carbocycles. The third-order valence-corrected chi connectivity index (χ3v) is 10.1. The Kier molecular flexibility index (Phi) is 8.19. The van der Waals surface area contributed by atoms with Crippen LogP contribution < -0.4 is 0 Å². The number of aliphatic hydroxyl groups excluding tert-OH is 1. The molecule has 0 radical (unpaired) electrons. The van der Waals surface area contributed by atoms with Gasteiger partial charge in [-0.1, -0.05) is 42.5 Å². The predicted molar refractivity (Wildman–Crippen MR) is 145 cm³/mol. The summed E-state index contributed by atoms with van der Waals surface area (Å²) in [5, 5.41) is 10.1. The second kappa shape index (κ2) is 11.0. The van der Waals surface area contributed by atoms with Crippen LogP contribution in [0.2, 0.25) is 0 Å². The number of unbranched alkanes of at least 4 members (excludes halogenated alkanes) is 1. The molecule has 2 unspecified atom stereocenters. The number of hydrogen-bond donors (Lipinski definition) is 1. The number of esters is 1. The molecule has 3 aliphatic heterocycles. The van der Waals surface area contributed by atoms with Crippen molar-refractivity contribution in [2.45, 2.75) is 67.7 Å². The van der Waals surface area contributed by atoms with Gasteiger partial charge in [-0.05, 0) is 45.1 Å². The summed E-state index contributed by atoms with van der Waals surface area (Å²) in [5.74, 6) is -2.06. The number of benzene rings is 1. The van der Waals surface area contributed by atoms with Crippen LogP contribution in [0.4, 0.5) is 0 Å². The Hall–Kier alpha value is -2.58. The molecule has 37 heavy (non-hydrogen) atoms. The van der Waals surface area contributed by atoms with Gasteiger partial charge in [0, 0.05) is 17.8 Å². The zero-order valence-corrected chi connectivity index (χ0v) is 22.6. The molecule has 7 nitrogen and oxygen atoms in total. The fraction of sp³-hybridized carbons (Fsp3) is 0.552. The summed E-state index contributed by atoms with van der Waals surface area (Å²) in [6, 6.07) is 8.39. The predicted octanol–water partition coefficient (Wildman–Crippen LogP) is 3.57. The van der Waals surface area contributed by atoms with E-state index in [0.29, 0.717) is 25.9 Å². The van der Waals surface area contributed by atoms with E-state index >= 15 is 0 Å². The molecule has 3 saturated heterocycles. The second-order valence-electron chi connectivity index (χ2n) is 10.6. The number of hydrogen-bond acceptors (Lipinski definition) is 6. The van der Waals surface area contributed by atoms with E-state index in [2.05, 4.69) is 13.2 Å². The summed E-state index contributed by atoms with van der Waals surface area (Å²) in [6.07, 6.45) is 6.28. The fourth-order valence-electron chi connectivity index (χ4n) is 6.42. The van der Waals surface area contributed by atoms with Gasteiger partial charge in [0.25, 0.3) is 0 Å². The van der Waals surface area contributed by atoms with Gasteiger partial charge in [0.15, 0.2) is 0 Å². The molecule has 200 valence electrons. The van der Waals surface area contributed by atoms with Crippen LogP contribution >= 0.6 is 11.8 Å². The molecule has 4 rings (SSSR count). The highest BCUT2D eigenvalue weighted by molar-refractivity contribution is 8.02. The van der Waals surface area contributed by atoms with Gasteiger partial charge in [-0.25, -0.2) is 0 Å². The van der Waals surface area contributed by atoms with Gasteiger partial charge in [-0.3, -0.25) is 14.4 Å². The summed E-state index contributed by atoms with van der Waals surface area (Å²) in [5.41, 5.74) is 0.981. The lowest BCUT2D eigenvalue weighted by atomic mass is 9.66. The lowest BCUT2D eigenvalue weighted by Crippen LogP contribution is -2.56. The summed E-state index contributed by atoms with van der Waals surface area (Å²) in [4.78, 5) is 45.1. The van der Waals surface area contributed by atoms with Gasteiger partial charge >= 0.3 is 5.97 Å². The van der Waals surface area contributed by atoms with Crippen LogP contribution in [0, 0.1) is 11.8 Å². The van der Waals surface area contributed by atoms with Gasteiger partial charge in [0.1, 0.15) is 6.04 Å². The molecule has 3 heterocycles. The molecule has 1 N–H and O–H groups in total. The summed E-state index contributed by atoms with van der Waals surface area (Å²) >= 11 is 1.61. The number of aliphatic hydroxyl groups is 1. The molecule has 6 atom stereocenters. The average Bonchev–Trinajstić information content (AvgIpc) is 3.46. The highest BCUT2D eigenvalue weighted by Gasteiger charge is 2.78. The van der Waals surface area contributed by atoms with E-state index in [1.54, 1.807) is 40.6 Å². The number of rotatable bonds is 12. The molecule has 0 aromatic heterocycles. The van der Waals surface area contributed by atoms with Crippen molar-refractivity contribution in [1.82, 2.24) is 9.80 Å². The van der Waals surface area contributed by atoms with Crippen LogP contribution in [-0.2, 0) is 25.7 Å². The number of allylic oxidation sites excluding steroid dienone is 1. The molecular formula is C29H38N2O5S. The molecule has 0 aliphatic carbocycles. The zero-order valence-electron chi connectivity index (χ0n) is 21.8. The van der Waals surface area contributed by atoms with E-state index in [9.17, 15) is 19.5 Å². The SMILES string of the molecule is C=CCCCOC(=O)[C@@H]1[C@H]2C(=O)N([C@H](C)CO)C(C(=O)N(CC=C)Cc3ccccc3)C23CC[C@@]1(C)S3. The number of amides is 2. The van der Waals surface area contributed by atoms with E-state index < -0.39 is 33.4 Å². The maximum atomic E-state index is 14.3. The Balaban J connectivity index is 1.70. The Bertz CT molecular complexity index is 1050. The average molecular weight is 527 g/mol. The summed E-state index contributed by atoms with van der Waals surface area (Å²) in [6.45, 7) is 12.1. The van der Waals surface area contributed by atoms with E-state index in [1.165, 1.54) is 0 Å². The first-order valence-corrected chi connectivity index (χ1v) is 13.9. The van der Waals surface area contributed by atoms with Gasteiger partial charge in [-0.2, -0.15) is 0 Å². The van der Waals surface area contributed by atoms with E-state index in [4.69, 9.17) is 4.74 Å². The Labute approximate surface area is 223 Å². The van der Waals surface area contributed by atoms with Crippen LogP contribution in [0.1, 0.15) is 45.1 Å². The van der Waals surface area contributed by atoms with E-state index in [1.807, 2.05) is 37.3 Å². The van der Waals surface area contributed by atoms with Crippen molar-refractivity contribution < 1.29 is 24.2 Å². The number of thioether (sulfide) groups is 1. The quantitative estimate of drug-likeness (QED) is 0.255. The van der Waals surface area contributed by atoms with E-state index in [-0.39, 0.29) is 31.0 Å². The summed E-state index contributed by atoms with van der Waals surface area (Å²) < 4.78 is 4.43. The molecule has 1 aromatic rings. The van der Waals surface area contributed by atoms with Gasteiger partial charge < -0.3 is 19.6 Å². The molecule has 8 heteroatoms. The maximum absolute atomic E-state index is 14.3. The molecule has 3 fully saturated rings. The number of ether oxygens (including phenoxy) is 1. The van der Waals surface area contributed by atoms with Crippen LogP contribution in [0.3, 0.4) is 0 Å². The number of likely N-dealkylation sites (tertiary alicyclic amines) is 1. The number of carbonyl (C=O) groups excluding carboxylic acids is 3. The van der Waals surface area contributed by atoms with Crippen LogP contribution in [0.5, 0.6) is 0 Å². The highest BCUT2D eigenvalue weighted by atomic mass is 32.2. The standard InChI is InChI=1S/C29H38N2O5S/c1-5-7-11-17-36-27(35)23-22-25(33)31(20(3)19-32)24(29(22)15-14-28(23,4)37-29)26(34)30(16-6-2)18-21-12-9-8-10-13-21/h5-6,8-10,12-13,20,22-24,32H,1-2,7,11,14-19H2,3-4H3/t20-,22+,23+,24?,28-,29?/m1/s1. The largest absolute Gasteiger partial charge is 0.465 e. The topological polar surface area (TPSA) is 87.1 Å². The zero-order chi connectivity index (χ0) is 26.8. The van der Waals surface area contributed by atoms with Crippen molar-refractivity contribution in [2.24, 2.45) is 11.8 Å². The van der Waals surface area contributed by atoms with Crippen molar-refractivity contribution in [3.8, 4) is 0 Å². The van der Waals surface area contributed by atoms with Crippen molar-refractivity contribution in [2.75, 3.05) is 19.8 Å². The third kappa shape index (κ3) is 4.74. The number of nitrogens with zero attached hydrogens (tertiary/aromatic N) is 2. The number of carbonyl (C=O) groups is 3. The molecule has 1 spiro atoms. The van der Waals surface area contributed by atoms with Crippen molar-refractivity contribution in [3.05, 3.63) is 61.2 Å².